The van der Waals surface area contributed by atoms with Gasteiger partial charge < -0.3 is 26.2 Å². The molecule has 2 atom stereocenters. The molecule has 0 radical (unpaired) electrons. The molecule has 0 aromatic heterocycles. The lowest BCUT2D eigenvalue weighted by Gasteiger charge is -2.51. The first-order valence-electron chi connectivity index (χ1n) is 12.8. The fraction of sp³-hybridized carbons (Fsp3) is 0.500. The number of halogens is 3. The van der Waals surface area contributed by atoms with Crippen molar-refractivity contribution in [1.29, 1.82) is 0 Å². The third kappa shape index (κ3) is 5.71. The standard InChI is InChI=1S/C28H33F2N2O3.BrH/c29-23-10-9-22(17-24(23)30)25(33)18-32-15-11-20(12-16-32)26(19-32)35-28(34)27(21-7-3-1-4-8-21)31-13-5-2-6-14-31;/h1,3-4,7-10,17,20,26-27H,2,5-6,11-16,18-19H2;1H/q+1;/p-1/t20?,26-,27-,32?;/m0./s1. The normalized spacial score (nSPS) is 26.6. The monoisotopic (exact) mass is 562 g/mol. The first-order chi connectivity index (χ1) is 16.9. The Morgan fingerprint density at radius 2 is 1.67 bits per heavy atom. The Labute approximate surface area is 221 Å². The summed E-state index contributed by atoms with van der Waals surface area (Å²) in [6, 6.07) is 12.8. The van der Waals surface area contributed by atoms with Crippen LogP contribution in [0.25, 0.3) is 0 Å². The molecule has 4 aliphatic rings. The maximum Gasteiger partial charge on any atom is 0.328 e. The van der Waals surface area contributed by atoms with E-state index in [0.717, 1.165) is 69.6 Å². The number of esters is 1. The second kappa shape index (κ2) is 11.5. The molecule has 4 aliphatic heterocycles. The summed E-state index contributed by atoms with van der Waals surface area (Å²) in [5.41, 5.74) is 1.14. The highest BCUT2D eigenvalue weighted by Crippen LogP contribution is 2.37. The average Bonchev–Trinajstić information content (AvgIpc) is 2.87. The molecular weight excluding hydrogens is 530 g/mol. The molecule has 194 valence electrons. The molecule has 0 aliphatic carbocycles. The zero-order chi connectivity index (χ0) is 24.4. The Bertz CT molecular complexity index is 1070. The van der Waals surface area contributed by atoms with E-state index in [1.807, 2.05) is 30.3 Å². The number of ether oxygens (including phenoxy) is 1. The van der Waals surface area contributed by atoms with Gasteiger partial charge in [-0.2, -0.15) is 0 Å². The van der Waals surface area contributed by atoms with Gasteiger partial charge in [0.05, 0.1) is 13.1 Å². The first kappa shape index (κ1) is 26.9. The molecule has 0 saturated carbocycles. The largest absolute Gasteiger partial charge is 1.00 e. The molecule has 2 bridgehead atoms. The quantitative estimate of drug-likeness (QED) is 0.292. The second-order valence-electron chi connectivity index (χ2n) is 10.4. The number of likely N-dealkylation sites (tertiary alicyclic amines) is 1. The van der Waals surface area contributed by atoms with Gasteiger partial charge in [-0.05, 0) is 49.7 Å². The van der Waals surface area contributed by atoms with Gasteiger partial charge in [-0.1, -0.05) is 36.8 Å². The predicted octanol–water partition coefficient (Wildman–Crippen LogP) is 1.53. The van der Waals surface area contributed by atoms with Crippen LogP contribution in [0.1, 0.15) is 54.1 Å². The molecular formula is C28H33BrF2N2O3. The summed E-state index contributed by atoms with van der Waals surface area (Å²) < 4.78 is 33.8. The minimum absolute atomic E-state index is 0. The third-order valence-corrected chi connectivity index (χ3v) is 8.12. The van der Waals surface area contributed by atoms with E-state index in [-0.39, 0.29) is 46.9 Å². The van der Waals surface area contributed by atoms with Crippen molar-refractivity contribution in [1.82, 2.24) is 4.90 Å². The third-order valence-electron chi connectivity index (χ3n) is 8.12. The van der Waals surface area contributed by atoms with E-state index in [0.29, 0.717) is 16.9 Å². The number of hydrogen-bond donors (Lipinski definition) is 0. The Morgan fingerprint density at radius 1 is 0.972 bits per heavy atom. The molecule has 4 fully saturated rings. The summed E-state index contributed by atoms with van der Waals surface area (Å²) in [7, 11) is 0. The molecule has 2 aromatic rings. The van der Waals surface area contributed by atoms with Crippen LogP contribution in [0.2, 0.25) is 0 Å². The van der Waals surface area contributed by atoms with E-state index in [2.05, 4.69) is 4.90 Å². The number of ketones is 1. The summed E-state index contributed by atoms with van der Waals surface area (Å²) in [6.07, 6.45) is 4.89. The van der Waals surface area contributed by atoms with Gasteiger partial charge in [0.25, 0.3) is 0 Å². The number of piperidine rings is 4. The molecule has 0 spiro atoms. The van der Waals surface area contributed by atoms with Gasteiger partial charge in [-0.3, -0.25) is 9.69 Å². The highest BCUT2D eigenvalue weighted by molar-refractivity contribution is 5.97. The van der Waals surface area contributed by atoms with E-state index in [1.165, 1.54) is 12.5 Å². The molecule has 36 heavy (non-hydrogen) atoms. The highest BCUT2D eigenvalue weighted by atomic mass is 79.9. The van der Waals surface area contributed by atoms with Crippen molar-refractivity contribution in [2.45, 2.75) is 44.2 Å². The van der Waals surface area contributed by atoms with Gasteiger partial charge in [0.15, 0.2) is 17.7 Å². The molecule has 6 rings (SSSR count). The first-order valence-corrected chi connectivity index (χ1v) is 12.8. The maximum absolute atomic E-state index is 13.7. The van der Waals surface area contributed by atoms with E-state index >= 15 is 0 Å². The van der Waals surface area contributed by atoms with Crippen molar-refractivity contribution in [3.8, 4) is 0 Å². The summed E-state index contributed by atoms with van der Waals surface area (Å²) in [5.74, 6) is -2.08. The number of rotatable bonds is 7. The van der Waals surface area contributed by atoms with Crippen LogP contribution >= 0.6 is 0 Å². The van der Waals surface area contributed by atoms with Gasteiger partial charge in [0.1, 0.15) is 19.1 Å². The van der Waals surface area contributed by atoms with E-state index in [4.69, 9.17) is 4.74 Å². The van der Waals surface area contributed by atoms with Crippen molar-refractivity contribution in [2.75, 3.05) is 39.3 Å². The second-order valence-corrected chi connectivity index (χ2v) is 10.4. The summed E-state index contributed by atoms with van der Waals surface area (Å²) >= 11 is 0. The lowest BCUT2D eigenvalue weighted by Crippen LogP contribution is -3.00. The minimum Gasteiger partial charge on any atom is -1.00 e. The van der Waals surface area contributed by atoms with E-state index < -0.39 is 17.7 Å². The zero-order valence-corrected chi connectivity index (χ0v) is 22.0. The van der Waals surface area contributed by atoms with Crippen LogP contribution in [-0.2, 0) is 9.53 Å². The molecule has 2 aromatic carbocycles. The fourth-order valence-corrected chi connectivity index (χ4v) is 6.16. The predicted molar refractivity (Wildman–Crippen MR) is 128 cm³/mol. The van der Waals surface area contributed by atoms with Crippen LogP contribution in [0, 0.1) is 17.6 Å². The molecule has 0 N–H and O–H groups in total. The van der Waals surface area contributed by atoms with Gasteiger partial charge in [-0.15, -0.1) is 0 Å². The zero-order valence-electron chi connectivity index (χ0n) is 20.4. The lowest BCUT2D eigenvalue weighted by molar-refractivity contribution is -0.938. The van der Waals surface area contributed by atoms with Crippen molar-refractivity contribution in [2.24, 2.45) is 5.92 Å². The average molecular weight is 563 g/mol. The molecule has 5 nitrogen and oxygen atoms in total. The Kier molecular flexibility index (Phi) is 8.58. The number of quaternary nitrogens is 1. The van der Waals surface area contributed by atoms with Crippen LogP contribution in [0.5, 0.6) is 0 Å². The van der Waals surface area contributed by atoms with Crippen molar-refractivity contribution < 1.29 is 44.6 Å². The van der Waals surface area contributed by atoms with Crippen LogP contribution < -0.4 is 17.0 Å². The van der Waals surface area contributed by atoms with Gasteiger partial charge in [0, 0.05) is 24.3 Å². The number of carbonyl (C=O) groups is 2. The number of benzene rings is 2. The Morgan fingerprint density at radius 3 is 2.33 bits per heavy atom. The van der Waals surface area contributed by atoms with E-state index in [1.54, 1.807) is 0 Å². The van der Waals surface area contributed by atoms with Gasteiger partial charge in [-0.25, -0.2) is 13.6 Å². The smallest absolute Gasteiger partial charge is 0.328 e. The fourth-order valence-electron chi connectivity index (χ4n) is 6.16. The number of carbonyl (C=O) groups excluding carboxylic acids is 2. The number of fused-ring (bicyclic) bond motifs is 3. The minimum atomic E-state index is -1.01. The molecule has 4 saturated heterocycles. The molecule has 0 unspecified atom stereocenters. The number of hydrogen-bond acceptors (Lipinski definition) is 4. The van der Waals surface area contributed by atoms with Crippen LogP contribution in [0.3, 0.4) is 0 Å². The Balaban J connectivity index is 0.00000304. The van der Waals surface area contributed by atoms with E-state index in [9.17, 15) is 18.4 Å². The summed E-state index contributed by atoms with van der Waals surface area (Å²) in [5, 5.41) is 0. The SMILES string of the molecule is O=C(C[N+]12CCC(CC1)[C@@H](OC(=O)[C@H](c1ccccc1)N1CCCCC1)C2)c1ccc(F)c(F)c1.[Br-]. The van der Waals surface area contributed by atoms with Gasteiger partial charge in [0.2, 0.25) is 5.78 Å². The van der Waals surface area contributed by atoms with Crippen molar-refractivity contribution in [3.05, 3.63) is 71.3 Å². The van der Waals surface area contributed by atoms with Crippen LogP contribution in [0.15, 0.2) is 48.5 Å². The maximum atomic E-state index is 13.7. The number of nitrogens with zero attached hydrogens (tertiary/aromatic N) is 2. The number of Topliss-reactive ketones (excluding diaryl/α,β-unsaturated/α-hetero) is 1. The lowest BCUT2D eigenvalue weighted by atomic mass is 9.82. The van der Waals surface area contributed by atoms with Crippen molar-refractivity contribution >= 4 is 11.8 Å². The Hall–Kier alpha value is -2.16. The summed E-state index contributed by atoms with van der Waals surface area (Å²) in [6.45, 7) is 4.23. The summed E-state index contributed by atoms with van der Waals surface area (Å²) in [4.78, 5) is 28.8. The molecule has 0 amide bonds. The van der Waals surface area contributed by atoms with Gasteiger partial charge >= 0.3 is 5.97 Å². The highest BCUT2D eigenvalue weighted by Gasteiger charge is 2.49. The topological polar surface area (TPSA) is 46.6 Å². The van der Waals surface area contributed by atoms with Crippen molar-refractivity contribution in [3.63, 3.8) is 0 Å². The van der Waals surface area contributed by atoms with Crippen LogP contribution in [-0.4, -0.2) is 66.5 Å². The molecule has 4 heterocycles. The van der Waals surface area contributed by atoms with Crippen LogP contribution in [0.4, 0.5) is 8.78 Å². The molecule has 8 heteroatoms.